The van der Waals surface area contributed by atoms with Crippen LogP contribution in [-0.2, 0) is 21.4 Å². The molecular weight excluding hydrogens is 412 g/mol. The van der Waals surface area contributed by atoms with Gasteiger partial charge in [0.15, 0.2) is 0 Å². The SMILES string of the molecule is CC[C@@H](Cn1nc(-c2cccs2)ccc1=O)NC(=O)C1CCN(S(C)(=O)=O)CC1. The first-order valence-electron chi connectivity index (χ1n) is 9.65. The lowest BCUT2D eigenvalue weighted by atomic mass is 9.96. The highest BCUT2D eigenvalue weighted by Gasteiger charge is 2.29. The summed E-state index contributed by atoms with van der Waals surface area (Å²) in [4.78, 5) is 25.9. The zero-order chi connectivity index (χ0) is 21.0. The van der Waals surface area contributed by atoms with Gasteiger partial charge in [-0.25, -0.2) is 17.4 Å². The molecule has 3 heterocycles. The number of carbonyl (C=O) groups is 1. The summed E-state index contributed by atoms with van der Waals surface area (Å²) in [7, 11) is -3.21. The Hall–Kier alpha value is -2.04. The molecule has 2 aromatic rings. The van der Waals surface area contributed by atoms with Crippen molar-refractivity contribution >= 4 is 27.3 Å². The predicted molar refractivity (Wildman–Crippen MR) is 113 cm³/mol. The minimum absolute atomic E-state index is 0.0903. The molecule has 0 radical (unpaired) electrons. The molecule has 10 heteroatoms. The van der Waals surface area contributed by atoms with Crippen LogP contribution in [0, 0.1) is 5.92 Å². The second-order valence-electron chi connectivity index (χ2n) is 7.27. The molecule has 2 aromatic heterocycles. The van der Waals surface area contributed by atoms with E-state index in [0.29, 0.717) is 38.9 Å². The van der Waals surface area contributed by atoms with E-state index in [2.05, 4.69) is 10.4 Å². The van der Waals surface area contributed by atoms with Gasteiger partial charge in [0, 0.05) is 31.1 Å². The maximum Gasteiger partial charge on any atom is 0.266 e. The first-order chi connectivity index (χ1) is 13.8. The van der Waals surface area contributed by atoms with Crippen LogP contribution in [0.15, 0.2) is 34.4 Å². The lowest BCUT2D eigenvalue weighted by Crippen LogP contribution is -2.46. The van der Waals surface area contributed by atoms with Crippen LogP contribution in [0.4, 0.5) is 0 Å². The predicted octanol–water partition coefficient (Wildman–Crippen LogP) is 1.54. The number of hydrogen-bond donors (Lipinski definition) is 1. The van der Waals surface area contributed by atoms with Gasteiger partial charge in [0.2, 0.25) is 15.9 Å². The maximum atomic E-state index is 12.7. The van der Waals surface area contributed by atoms with Crippen molar-refractivity contribution in [3.63, 3.8) is 0 Å². The van der Waals surface area contributed by atoms with Gasteiger partial charge >= 0.3 is 0 Å². The van der Waals surface area contributed by atoms with Gasteiger partial charge in [-0.15, -0.1) is 11.3 Å². The van der Waals surface area contributed by atoms with E-state index >= 15 is 0 Å². The molecule has 3 rings (SSSR count). The van der Waals surface area contributed by atoms with Crippen LogP contribution in [0.25, 0.3) is 10.6 Å². The fourth-order valence-corrected chi connectivity index (χ4v) is 4.95. The quantitative estimate of drug-likeness (QED) is 0.707. The summed E-state index contributed by atoms with van der Waals surface area (Å²) in [6.07, 6.45) is 2.85. The average molecular weight is 439 g/mol. The first-order valence-corrected chi connectivity index (χ1v) is 12.4. The Bertz CT molecular complexity index is 993. The van der Waals surface area contributed by atoms with Crippen LogP contribution in [-0.4, -0.2) is 53.8 Å². The second kappa shape index (κ2) is 9.19. The van der Waals surface area contributed by atoms with Gasteiger partial charge in [0.25, 0.3) is 5.56 Å². The van der Waals surface area contributed by atoms with Crippen molar-refractivity contribution in [1.82, 2.24) is 19.4 Å². The van der Waals surface area contributed by atoms with Crippen molar-refractivity contribution in [2.75, 3.05) is 19.3 Å². The summed E-state index contributed by atoms with van der Waals surface area (Å²) < 4.78 is 26.1. The number of nitrogens with zero attached hydrogens (tertiary/aromatic N) is 3. The van der Waals surface area contributed by atoms with Crippen molar-refractivity contribution in [2.45, 2.75) is 38.8 Å². The third-order valence-corrected chi connectivity index (χ3v) is 7.36. The number of piperidine rings is 1. The normalized spacial score (nSPS) is 17.2. The Morgan fingerprint density at radius 1 is 1.31 bits per heavy atom. The van der Waals surface area contributed by atoms with Crippen molar-refractivity contribution < 1.29 is 13.2 Å². The van der Waals surface area contributed by atoms with Crippen LogP contribution in [0.5, 0.6) is 0 Å². The number of sulfonamides is 1. The van der Waals surface area contributed by atoms with Gasteiger partial charge in [0.05, 0.1) is 17.7 Å². The van der Waals surface area contributed by atoms with Crippen LogP contribution in [0.1, 0.15) is 26.2 Å². The van der Waals surface area contributed by atoms with E-state index in [9.17, 15) is 18.0 Å². The highest BCUT2D eigenvalue weighted by atomic mass is 32.2. The lowest BCUT2D eigenvalue weighted by Gasteiger charge is -2.30. The molecule has 1 aliphatic rings. The number of amides is 1. The minimum Gasteiger partial charge on any atom is -0.351 e. The number of aromatic nitrogens is 2. The summed E-state index contributed by atoms with van der Waals surface area (Å²) in [5.74, 6) is -0.309. The van der Waals surface area contributed by atoms with Crippen LogP contribution >= 0.6 is 11.3 Å². The zero-order valence-corrected chi connectivity index (χ0v) is 18.2. The van der Waals surface area contributed by atoms with Gasteiger partial charge in [0.1, 0.15) is 5.69 Å². The highest BCUT2D eigenvalue weighted by Crippen LogP contribution is 2.21. The molecule has 8 nitrogen and oxygen atoms in total. The fourth-order valence-electron chi connectivity index (χ4n) is 3.39. The Balaban J connectivity index is 1.63. The molecule has 1 N–H and O–H groups in total. The fraction of sp³-hybridized carbons (Fsp3) is 0.526. The zero-order valence-electron chi connectivity index (χ0n) is 16.6. The van der Waals surface area contributed by atoms with Crippen LogP contribution in [0.3, 0.4) is 0 Å². The molecule has 0 aromatic carbocycles. The monoisotopic (exact) mass is 438 g/mol. The van der Waals surface area contributed by atoms with E-state index in [4.69, 9.17) is 0 Å². The highest BCUT2D eigenvalue weighted by molar-refractivity contribution is 7.88. The summed E-state index contributed by atoms with van der Waals surface area (Å²) in [6, 6.07) is 6.86. The Morgan fingerprint density at radius 3 is 2.62 bits per heavy atom. The van der Waals surface area contributed by atoms with Gasteiger partial charge in [-0.2, -0.15) is 5.10 Å². The van der Waals surface area contributed by atoms with Crippen LogP contribution < -0.4 is 10.9 Å². The molecular formula is C19H26N4O4S2. The van der Waals surface area contributed by atoms with E-state index in [-0.39, 0.29) is 23.4 Å². The van der Waals surface area contributed by atoms with E-state index in [1.807, 2.05) is 24.4 Å². The number of thiophene rings is 1. The third kappa shape index (κ3) is 5.52. The van der Waals surface area contributed by atoms with E-state index in [0.717, 1.165) is 10.6 Å². The summed E-state index contributed by atoms with van der Waals surface area (Å²) in [5.41, 5.74) is 0.522. The van der Waals surface area contributed by atoms with Gasteiger partial charge in [-0.05, 0) is 36.8 Å². The Labute approximate surface area is 174 Å². The average Bonchev–Trinajstić information content (AvgIpc) is 3.23. The van der Waals surface area contributed by atoms with Crippen molar-refractivity contribution in [3.05, 3.63) is 40.0 Å². The molecule has 0 saturated carbocycles. The minimum atomic E-state index is -3.21. The number of rotatable bonds is 7. The summed E-state index contributed by atoms with van der Waals surface area (Å²) in [6.45, 7) is 2.96. The number of carbonyl (C=O) groups excluding carboxylic acids is 1. The second-order valence-corrected chi connectivity index (χ2v) is 10.2. The summed E-state index contributed by atoms with van der Waals surface area (Å²) in [5, 5.41) is 9.42. The molecule has 1 aliphatic heterocycles. The molecule has 1 amide bonds. The van der Waals surface area contributed by atoms with Crippen molar-refractivity contribution in [1.29, 1.82) is 0 Å². The summed E-state index contributed by atoms with van der Waals surface area (Å²) >= 11 is 1.55. The molecule has 1 saturated heterocycles. The molecule has 0 spiro atoms. The molecule has 0 aliphatic carbocycles. The molecule has 0 unspecified atom stereocenters. The van der Waals surface area contributed by atoms with Gasteiger partial charge in [-0.1, -0.05) is 13.0 Å². The van der Waals surface area contributed by atoms with Crippen molar-refractivity contribution in [2.24, 2.45) is 5.92 Å². The maximum absolute atomic E-state index is 12.7. The van der Waals surface area contributed by atoms with Crippen molar-refractivity contribution in [3.8, 4) is 10.6 Å². The molecule has 1 atom stereocenters. The Kier molecular flexibility index (Phi) is 6.86. The van der Waals surface area contributed by atoms with Crippen LogP contribution in [0.2, 0.25) is 0 Å². The topological polar surface area (TPSA) is 101 Å². The number of hydrogen-bond acceptors (Lipinski definition) is 6. The van der Waals surface area contributed by atoms with Gasteiger partial charge < -0.3 is 5.32 Å². The van der Waals surface area contributed by atoms with E-state index < -0.39 is 10.0 Å². The smallest absolute Gasteiger partial charge is 0.266 e. The molecule has 158 valence electrons. The standard InChI is InChI=1S/C19H26N4O4S2/c1-3-15(20-19(25)14-8-10-22(11-9-14)29(2,26)27)13-23-18(24)7-6-16(21-23)17-5-4-12-28-17/h4-7,12,14-15H,3,8-11,13H2,1-2H3,(H,20,25)/t15-/m0/s1. The number of nitrogens with one attached hydrogen (secondary N) is 1. The molecule has 29 heavy (non-hydrogen) atoms. The van der Waals surface area contributed by atoms with E-state index in [1.54, 1.807) is 17.4 Å². The molecule has 0 bridgehead atoms. The molecule has 1 fully saturated rings. The van der Waals surface area contributed by atoms with Gasteiger partial charge in [-0.3, -0.25) is 9.59 Å². The third-order valence-electron chi connectivity index (χ3n) is 5.17. The Morgan fingerprint density at radius 2 is 2.03 bits per heavy atom. The largest absolute Gasteiger partial charge is 0.351 e. The van der Waals surface area contributed by atoms with E-state index in [1.165, 1.54) is 21.3 Å². The first kappa shape index (κ1) is 21.7. The lowest BCUT2D eigenvalue weighted by molar-refractivity contribution is -0.127.